The molecule has 0 spiro atoms. The molecular formula is C11H19N5O2S. The number of hydrogen-bond donors (Lipinski definition) is 1. The van der Waals surface area contributed by atoms with Crippen molar-refractivity contribution in [1.29, 1.82) is 0 Å². The van der Waals surface area contributed by atoms with Crippen molar-refractivity contribution in [2.45, 2.75) is 31.5 Å². The van der Waals surface area contributed by atoms with E-state index in [2.05, 4.69) is 34.4 Å². The molecule has 19 heavy (non-hydrogen) atoms. The lowest BCUT2D eigenvalue weighted by molar-refractivity contribution is -0.133. The van der Waals surface area contributed by atoms with Crippen LogP contribution in [0.2, 0.25) is 0 Å². The molecule has 0 amide bonds. The number of aliphatic carboxylic acids is 1. The normalized spacial score (nSPS) is 19.5. The summed E-state index contributed by atoms with van der Waals surface area (Å²) in [4.78, 5) is 12.9. The zero-order valence-electron chi connectivity index (χ0n) is 11.2. The van der Waals surface area contributed by atoms with Crippen LogP contribution in [0.1, 0.15) is 19.8 Å². The number of carbonyl (C=O) groups is 1. The standard InChI is InChI=1S/C11H19N5O2S/c1-11(3-5-15(2)6-4-11)8-16-10(12-13-14-16)19-7-9(17)18/h3-8H2,1-2H3,(H,17,18). The molecule has 1 aliphatic heterocycles. The molecule has 1 aromatic rings. The molecule has 8 heteroatoms. The fourth-order valence-corrected chi connectivity index (χ4v) is 2.80. The molecule has 2 rings (SSSR count). The van der Waals surface area contributed by atoms with Crippen molar-refractivity contribution in [2.24, 2.45) is 5.41 Å². The second kappa shape index (κ2) is 5.87. The Morgan fingerprint density at radius 1 is 1.47 bits per heavy atom. The summed E-state index contributed by atoms with van der Waals surface area (Å²) in [7, 11) is 2.13. The van der Waals surface area contributed by atoms with E-state index in [0.29, 0.717) is 5.16 Å². The van der Waals surface area contributed by atoms with Crippen LogP contribution in [-0.4, -0.2) is 62.1 Å². The van der Waals surface area contributed by atoms with E-state index in [1.54, 1.807) is 4.68 Å². The monoisotopic (exact) mass is 285 g/mol. The highest BCUT2D eigenvalue weighted by Gasteiger charge is 2.30. The van der Waals surface area contributed by atoms with E-state index in [-0.39, 0.29) is 11.2 Å². The number of aromatic nitrogens is 4. The Balaban J connectivity index is 1.98. The fourth-order valence-electron chi connectivity index (χ4n) is 2.20. The molecule has 106 valence electrons. The molecule has 1 fully saturated rings. The molecule has 7 nitrogen and oxygen atoms in total. The van der Waals surface area contributed by atoms with Gasteiger partial charge in [-0.3, -0.25) is 4.79 Å². The molecule has 0 radical (unpaired) electrons. The Hall–Kier alpha value is -1.15. The average Bonchev–Trinajstić information content (AvgIpc) is 2.78. The Labute approximate surface area is 116 Å². The van der Waals surface area contributed by atoms with Gasteiger partial charge >= 0.3 is 5.97 Å². The minimum Gasteiger partial charge on any atom is -0.481 e. The molecule has 0 atom stereocenters. The first-order valence-corrected chi connectivity index (χ1v) is 7.26. The van der Waals surface area contributed by atoms with Crippen LogP contribution < -0.4 is 0 Å². The van der Waals surface area contributed by atoms with E-state index in [4.69, 9.17) is 5.11 Å². The van der Waals surface area contributed by atoms with Gasteiger partial charge in [0.25, 0.3) is 0 Å². The third-order valence-corrected chi connectivity index (χ3v) is 4.49. The Kier molecular flexibility index (Phi) is 4.41. The van der Waals surface area contributed by atoms with Crippen molar-refractivity contribution in [3.63, 3.8) is 0 Å². The van der Waals surface area contributed by atoms with Crippen LogP contribution in [0.25, 0.3) is 0 Å². The predicted molar refractivity (Wildman–Crippen MR) is 71.0 cm³/mol. The van der Waals surface area contributed by atoms with Crippen LogP contribution >= 0.6 is 11.8 Å². The number of piperidine rings is 1. The Morgan fingerprint density at radius 3 is 2.79 bits per heavy atom. The number of carboxylic acids is 1. The van der Waals surface area contributed by atoms with Gasteiger partial charge in [-0.25, -0.2) is 4.68 Å². The maximum atomic E-state index is 10.6. The van der Waals surface area contributed by atoms with Gasteiger partial charge in [0.15, 0.2) is 0 Å². The van der Waals surface area contributed by atoms with Gasteiger partial charge in [0, 0.05) is 0 Å². The molecule has 1 aromatic heterocycles. The number of tetrazole rings is 1. The second-order valence-corrected chi connectivity index (χ2v) is 6.36. The molecule has 1 N–H and O–H groups in total. The molecule has 0 bridgehead atoms. The van der Waals surface area contributed by atoms with E-state index in [0.717, 1.165) is 32.5 Å². The number of thioether (sulfide) groups is 1. The molecule has 1 saturated heterocycles. The van der Waals surface area contributed by atoms with E-state index < -0.39 is 5.97 Å². The third-order valence-electron chi connectivity index (χ3n) is 3.55. The Bertz CT molecular complexity index is 442. The lowest BCUT2D eigenvalue weighted by Gasteiger charge is -2.37. The van der Waals surface area contributed by atoms with Crippen molar-refractivity contribution >= 4 is 17.7 Å². The van der Waals surface area contributed by atoms with Gasteiger partial charge in [0.05, 0.1) is 12.3 Å². The number of likely N-dealkylation sites (tertiary alicyclic amines) is 1. The molecule has 2 heterocycles. The van der Waals surface area contributed by atoms with E-state index in [1.807, 2.05) is 0 Å². The highest BCUT2D eigenvalue weighted by atomic mass is 32.2. The van der Waals surface area contributed by atoms with Crippen molar-refractivity contribution in [3.8, 4) is 0 Å². The predicted octanol–water partition coefficient (Wildman–Crippen LogP) is 0.582. The van der Waals surface area contributed by atoms with Gasteiger partial charge in [-0.1, -0.05) is 18.7 Å². The van der Waals surface area contributed by atoms with Gasteiger partial charge in [-0.05, 0) is 48.8 Å². The summed E-state index contributed by atoms with van der Waals surface area (Å²) < 4.78 is 1.74. The molecule has 0 aromatic carbocycles. The van der Waals surface area contributed by atoms with Crippen LogP contribution in [-0.2, 0) is 11.3 Å². The molecule has 1 aliphatic rings. The van der Waals surface area contributed by atoms with Gasteiger partial charge in [0.2, 0.25) is 5.16 Å². The number of nitrogens with zero attached hydrogens (tertiary/aromatic N) is 5. The molecule has 0 saturated carbocycles. The highest BCUT2D eigenvalue weighted by molar-refractivity contribution is 7.99. The zero-order chi connectivity index (χ0) is 13.9. The van der Waals surface area contributed by atoms with E-state index >= 15 is 0 Å². The van der Waals surface area contributed by atoms with E-state index in [1.165, 1.54) is 11.8 Å². The average molecular weight is 285 g/mol. The van der Waals surface area contributed by atoms with Crippen LogP contribution in [0.15, 0.2) is 5.16 Å². The first kappa shape index (κ1) is 14.3. The quantitative estimate of drug-likeness (QED) is 0.792. The topological polar surface area (TPSA) is 84.1 Å². The summed E-state index contributed by atoms with van der Waals surface area (Å²) in [6.45, 7) is 5.15. The third kappa shape index (κ3) is 3.90. The van der Waals surface area contributed by atoms with Crippen LogP contribution in [0.5, 0.6) is 0 Å². The summed E-state index contributed by atoms with van der Waals surface area (Å²) in [5.41, 5.74) is 0.181. The van der Waals surface area contributed by atoms with Crippen LogP contribution in [0.4, 0.5) is 0 Å². The van der Waals surface area contributed by atoms with Crippen LogP contribution in [0.3, 0.4) is 0 Å². The number of rotatable bonds is 5. The molecule has 0 unspecified atom stereocenters. The number of hydrogen-bond acceptors (Lipinski definition) is 6. The summed E-state index contributed by atoms with van der Waals surface area (Å²) in [5, 5.41) is 20.8. The Morgan fingerprint density at radius 2 is 2.16 bits per heavy atom. The van der Waals surface area contributed by atoms with Gasteiger partial charge in [0.1, 0.15) is 0 Å². The van der Waals surface area contributed by atoms with Gasteiger partial charge in [-0.15, -0.1) is 5.10 Å². The zero-order valence-corrected chi connectivity index (χ0v) is 12.1. The maximum absolute atomic E-state index is 10.6. The van der Waals surface area contributed by atoms with Crippen molar-refractivity contribution in [3.05, 3.63) is 0 Å². The van der Waals surface area contributed by atoms with Gasteiger partial charge in [-0.2, -0.15) is 0 Å². The summed E-state index contributed by atoms with van der Waals surface area (Å²) in [6, 6.07) is 0. The van der Waals surface area contributed by atoms with E-state index in [9.17, 15) is 4.79 Å². The SMILES string of the molecule is CN1CCC(C)(Cn2nnnc2SCC(=O)O)CC1. The first-order chi connectivity index (χ1) is 8.98. The second-order valence-electron chi connectivity index (χ2n) is 5.42. The highest BCUT2D eigenvalue weighted by Crippen LogP contribution is 2.32. The molecular weight excluding hydrogens is 266 g/mol. The van der Waals surface area contributed by atoms with Crippen molar-refractivity contribution < 1.29 is 9.90 Å². The van der Waals surface area contributed by atoms with Crippen LogP contribution in [0, 0.1) is 5.41 Å². The summed E-state index contributed by atoms with van der Waals surface area (Å²) in [6.07, 6.45) is 2.21. The summed E-state index contributed by atoms with van der Waals surface area (Å²) in [5.74, 6) is -0.870. The fraction of sp³-hybridized carbons (Fsp3) is 0.818. The lowest BCUT2D eigenvalue weighted by Crippen LogP contribution is -2.38. The lowest BCUT2D eigenvalue weighted by atomic mass is 9.80. The number of carboxylic acid groups (broad SMARTS) is 1. The first-order valence-electron chi connectivity index (χ1n) is 6.28. The van der Waals surface area contributed by atoms with Crippen molar-refractivity contribution in [2.75, 3.05) is 25.9 Å². The molecule has 0 aliphatic carbocycles. The van der Waals surface area contributed by atoms with Gasteiger partial charge < -0.3 is 10.0 Å². The minimum absolute atomic E-state index is 0.0141. The van der Waals surface area contributed by atoms with Crippen molar-refractivity contribution in [1.82, 2.24) is 25.1 Å². The smallest absolute Gasteiger partial charge is 0.313 e. The summed E-state index contributed by atoms with van der Waals surface area (Å²) >= 11 is 1.17. The maximum Gasteiger partial charge on any atom is 0.313 e. The minimum atomic E-state index is -0.856. The largest absolute Gasteiger partial charge is 0.481 e.